The Bertz CT molecular complexity index is 558. The Kier molecular flexibility index (Phi) is 5.89. The molecule has 1 fully saturated rings. The van der Waals surface area contributed by atoms with Gasteiger partial charge in [0.15, 0.2) is 0 Å². The van der Waals surface area contributed by atoms with Gasteiger partial charge in [-0.15, -0.1) is 0 Å². The van der Waals surface area contributed by atoms with Gasteiger partial charge in [0.25, 0.3) is 0 Å². The van der Waals surface area contributed by atoms with Crippen molar-refractivity contribution in [2.45, 2.75) is 57.3 Å². The van der Waals surface area contributed by atoms with E-state index < -0.39 is 11.7 Å². The first-order valence-electron chi connectivity index (χ1n) is 7.93. The van der Waals surface area contributed by atoms with Crippen LogP contribution in [0, 0.1) is 11.3 Å². The molecule has 126 valence electrons. The average molecular weight is 326 g/mol. The molecule has 6 heteroatoms. The van der Waals surface area contributed by atoms with Crippen LogP contribution in [-0.4, -0.2) is 18.8 Å². The lowest BCUT2D eigenvalue weighted by Gasteiger charge is -2.30. The van der Waals surface area contributed by atoms with Crippen molar-refractivity contribution in [2.24, 2.45) is 0 Å². The molecule has 0 heterocycles. The summed E-state index contributed by atoms with van der Waals surface area (Å²) < 4.78 is 44.6. The van der Waals surface area contributed by atoms with E-state index in [-0.39, 0.29) is 17.7 Å². The maximum absolute atomic E-state index is 13.0. The number of benzene rings is 1. The fourth-order valence-electron chi connectivity index (χ4n) is 2.86. The smallest absolute Gasteiger partial charge is 0.382 e. The second kappa shape index (κ2) is 7.69. The number of nitrogens with zero attached hydrogens (tertiary/aromatic N) is 1. The standard InChI is InChI=1S/C17H21F3N2O/c1-2-9-23-15-7-5-13(6-8-15)22-14-4-3-12(11-21)16(10-14)17(18,19)20/h3-4,10,13,15,22H,2,5-9H2,1H3. The van der Waals surface area contributed by atoms with Crippen LogP contribution in [0.25, 0.3) is 0 Å². The predicted molar refractivity (Wildman–Crippen MR) is 82.1 cm³/mol. The normalized spacial score (nSPS) is 21.7. The van der Waals surface area contributed by atoms with E-state index in [4.69, 9.17) is 10.00 Å². The molecule has 0 aromatic heterocycles. The van der Waals surface area contributed by atoms with Gasteiger partial charge in [0.2, 0.25) is 0 Å². The second-order valence-electron chi connectivity index (χ2n) is 5.86. The average Bonchev–Trinajstić information content (AvgIpc) is 2.53. The van der Waals surface area contributed by atoms with Crippen molar-refractivity contribution in [3.05, 3.63) is 29.3 Å². The Labute approximate surface area is 134 Å². The molecule has 3 nitrogen and oxygen atoms in total. The highest BCUT2D eigenvalue weighted by Crippen LogP contribution is 2.34. The van der Waals surface area contributed by atoms with Crippen LogP contribution in [0.1, 0.15) is 50.2 Å². The van der Waals surface area contributed by atoms with E-state index in [1.165, 1.54) is 12.1 Å². The summed E-state index contributed by atoms with van der Waals surface area (Å²) in [7, 11) is 0. The number of rotatable bonds is 5. The van der Waals surface area contributed by atoms with Gasteiger partial charge in [-0.1, -0.05) is 6.92 Å². The van der Waals surface area contributed by atoms with Gasteiger partial charge in [0.05, 0.1) is 23.3 Å². The summed E-state index contributed by atoms with van der Waals surface area (Å²) in [4.78, 5) is 0. The van der Waals surface area contributed by atoms with Crippen LogP contribution in [0.3, 0.4) is 0 Å². The molecule has 0 radical (unpaired) electrons. The number of anilines is 1. The third-order valence-corrected chi connectivity index (χ3v) is 4.05. The van der Waals surface area contributed by atoms with Crippen LogP contribution in [0.5, 0.6) is 0 Å². The first-order chi connectivity index (χ1) is 10.9. The minimum Gasteiger partial charge on any atom is -0.382 e. The largest absolute Gasteiger partial charge is 0.417 e. The van der Waals surface area contributed by atoms with Gasteiger partial charge in [-0.05, 0) is 50.3 Å². The number of ether oxygens (including phenoxy) is 1. The molecule has 0 unspecified atom stereocenters. The van der Waals surface area contributed by atoms with Crippen molar-refractivity contribution >= 4 is 5.69 Å². The monoisotopic (exact) mass is 326 g/mol. The summed E-state index contributed by atoms with van der Waals surface area (Å²) in [6.07, 6.45) is 0.309. The molecule has 0 spiro atoms. The number of nitriles is 1. The Morgan fingerprint density at radius 1 is 1.26 bits per heavy atom. The van der Waals surface area contributed by atoms with E-state index in [9.17, 15) is 13.2 Å². The molecule has 23 heavy (non-hydrogen) atoms. The van der Waals surface area contributed by atoms with Crippen LogP contribution >= 0.6 is 0 Å². The summed E-state index contributed by atoms with van der Waals surface area (Å²) in [5.74, 6) is 0. The van der Waals surface area contributed by atoms with E-state index in [1.807, 2.05) is 0 Å². The molecule has 1 N–H and O–H groups in total. The Hall–Kier alpha value is -1.74. The Morgan fingerprint density at radius 2 is 1.96 bits per heavy atom. The molecule has 0 saturated heterocycles. The number of hydrogen-bond acceptors (Lipinski definition) is 3. The zero-order valence-corrected chi connectivity index (χ0v) is 13.1. The van der Waals surface area contributed by atoms with Crippen molar-refractivity contribution in [1.29, 1.82) is 5.26 Å². The predicted octanol–water partition coefficient (Wildman–Crippen LogP) is 4.73. The lowest BCUT2D eigenvalue weighted by molar-refractivity contribution is -0.137. The van der Waals surface area contributed by atoms with Gasteiger partial charge in [0, 0.05) is 18.3 Å². The molecule has 1 aromatic rings. The fourth-order valence-corrected chi connectivity index (χ4v) is 2.86. The van der Waals surface area contributed by atoms with E-state index >= 15 is 0 Å². The molecule has 1 aliphatic carbocycles. The first-order valence-corrected chi connectivity index (χ1v) is 7.93. The highest BCUT2D eigenvalue weighted by atomic mass is 19.4. The van der Waals surface area contributed by atoms with E-state index in [2.05, 4.69) is 12.2 Å². The molecule has 0 bridgehead atoms. The number of nitrogens with one attached hydrogen (secondary N) is 1. The van der Waals surface area contributed by atoms with Gasteiger partial charge in [-0.3, -0.25) is 0 Å². The Morgan fingerprint density at radius 3 is 2.52 bits per heavy atom. The maximum Gasteiger partial charge on any atom is 0.417 e. The van der Waals surface area contributed by atoms with Crippen molar-refractivity contribution in [3.8, 4) is 6.07 Å². The van der Waals surface area contributed by atoms with Crippen molar-refractivity contribution in [3.63, 3.8) is 0 Å². The highest BCUT2D eigenvalue weighted by molar-refractivity contribution is 5.53. The second-order valence-corrected chi connectivity index (χ2v) is 5.86. The molecule has 1 aromatic carbocycles. The van der Waals surface area contributed by atoms with Crippen LogP contribution in [-0.2, 0) is 10.9 Å². The number of alkyl halides is 3. The third kappa shape index (κ3) is 4.87. The summed E-state index contributed by atoms with van der Waals surface area (Å²) in [6, 6.07) is 5.52. The van der Waals surface area contributed by atoms with Gasteiger partial charge in [-0.2, -0.15) is 18.4 Å². The van der Waals surface area contributed by atoms with Crippen LogP contribution < -0.4 is 5.32 Å². The van der Waals surface area contributed by atoms with E-state index in [0.29, 0.717) is 5.69 Å². The van der Waals surface area contributed by atoms with E-state index in [0.717, 1.165) is 44.8 Å². The van der Waals surface area contributed by atoms with Crippen LogP contribution in [0.4, 0.5) is 18.9 Å². The SMILES string of the molecule is CCCOC1CCC(Nc2ccc(C#N)c(C(F)(F)F)c2)CC1. The summed E-state index contributed by atoms with van der Waals surface area (Å²) >= 11 is 0. The van der Waals surface area contributed by atoms with Crippen molar-refractivity contribution < 1.29 is 17.9 Å². The number of hydrogen-bond donors (Lipinski definition) is 1. The summed E-state index contributed by atoms with van der Waals surface area (Å²) in [5, 5.41) is 12.0. The molecule has 2 rings (SSSR count). The van der Waals surface area contributed by atoms with Gasteiger partial charge in [-0.25, -0.2) is 0 Å². The lowest BCUT2D eigenvalue weighted by Crippen LogP contribution is -2.30. The molecule has 1 aliphatic rings. The van der Waals surface area contributed by atoms with Crippen LogP contribution in [0.2, 0.25) is 0 Å². The van der Waals surface area contributed by atoms with Crippen molar-refractivity contribution in [1.82, 2.24) is 0 Å². The van der Waals surface area contributed by atoms with Gasteiger partial charge >= 0.3 is 6.18 Å². The molecule has 0 aliphatic heterocycles. The third-order valence-electron chi connectivity index (χ3n) is 4.05. The molecule has 0 atom stereocenters. The minimum absolute atomic E-state index is 0.144. The first kappa shape index (κ1) is 17.6. The zero-order chi connectivity index (χ0) is 16.9. The Balaban J connectivity index is 1.98. The topological polar surface area (TPSA) is 45.0 Å². The van der Waals surface area contributed by atoms with Crippen molar-refractivity contribution in [2.75, 3.05) is 11.9 Å². The molecule has 1 saturated carbocycles. The van der Waals surface area contributed by atoms with E-state index in [1.54, 1.807) is 6.07 Å². The number of halogens is 3. The minimum atomic E-state index is -4.52. The lowest BCUT2D eigenvalue weighted by atomic mass is 9.92. The highest BCUT2D eigenvalue weighted by Gasteiger charge is 2.34. The molecule has 0 amide bonds. The quantitative estimate of drug-likeness (QED) is 0.851. The fraction of sp³-hybridized carbons (Fsp3) is 0.588. The maximum atomic E-state index is 13.0. The van der Waals surface area contributed by atoms with Gasteiger partial charge < -0.3 is 10.1 Å². The zero-order valence-electron chi connectivity index (χ0n) is 13.1. The summed E-state index contributed by atoms with van der Waals surface area (Å²) in [5.41, 5.74) is -0.820. The molecular weight excluding hydrogens is 305 g/mol. The summed E-state index contributed by atoms with van der Waals surface area (Å²) in [6.45, 7) is 2.82. The molecular formula is C17H21F3N2O. The van der Waals surface area contributed by atoms with Crippen LogP contribution in [0.15, 0.2) is 18.2 Å². The van der Waals surface area contributed by atoms with Gasteiger partial charge in [0.1, 0.15) is 0 Å².